The van der Waals surface area contributed by atoms with E-state index in [1.165, 1.54) is 30.3 Å². The zero-order valence-electron chi connectivity index (χ0n) is 22.2. The molecule has 0 aliphatic rings. The molecule has 206 valence electrons. The lowest BCUT2D eigenvalue weighted by atomic mass is 10.1. The molecule has 10 heteroatoms. The molecule has 0 unspecified atom stereocenters. The predicted octanol–water partition coefficient (Wildman–Crippen LogP) is 6.05. The summed E-state index contributed by atoms with van der Waals surface area (Å²) in [7, 11) is 1.75. The van der Waals surface area contributed by atoms with Gasteiger partial charge >= 0.3 is 5.97 Å². The van der Waals surface area contributed by atoms with Crippen molar-refractivity contribution in [3.63, 3.8) is 0 Å². The number of pyridine rings is 1. The molecule has 0 atom stereocenters. The van der Waals surface area contributed by atoms with Crippen LogP contribution in [0.4, 0.5) is 8.78 Å². The van der Waals surface area contributed by atoms with Gasteiger partial charge in [-0.1, -0.05) is 24.3 Å². The van der Waals surface area contributed by atoms with Gasteiger partial charge in [0.25, 0.3) is 0 Å². The molecule has 0 aliphatic heterocycles. The molecular formula is C31H24F2N4O4. The number of carboxylic acids is 1. The van der Waals surface area contributed by atoms with Crippen LogP contribution in [-0.4, -0.2) is 32.2 Å². The second kappa shape index (κ2) is 11.4. The fourth-order valence-electron chi connectivity index (χ4n) is 4.41. The van der Waals surface area contributed by atoms with Crippen LogP contribution in [0.25, 0.3) is 22.3 Å². The van der Waals surface area contributed by atoms with Crippen LogP contribution in [0.15, 0.2) is 66.7 Å². The first-order chi connectivity index (χ1) is 19.8. The molecule has 1 N–H and O–H groups in total. The van der Waals surface area contributed by atoms with Crippen LogP contribution < -0.4 is 9.47 Å². The molecule has 0 fully saturated rings. The number of aromatic nitrogens is 3. The molecule has 2 heterocycles. The second-order valence-electron chi connectivity index (χ2n) is 9.22. The molecule has 0 saturated carbocycles. The van der Waals surface area contributed by atoms with Gasteiger partial charge in [0.15, 0.2) is 0 Å². The number of rotatable bonds is 9. The summed E-state index contributed by atoms with van der Waals surface area (Å²) in [4.78, 5) is 20.6. The maximum atomic E-state index is 15.3. The number of carboxylic acid groups (broad SMARTS) is 1. The van der Waals surface area contributed by atoms with Gasteiger partial charge in [-0.25, -0.2) is 23.5 Å². The van der Waals surface area contributed by atoms with Gasteiger partial charge in [-0.3, -0.25) is 0 Å². The molecule has 0 saturated heterocycles. The molecule has 8 nitrogen and oxygen atoms in total. The summed E-state index contributed by atoms with van der Waals surface area (Å²) in [5, 5.41) is 18.4. The Morgan fingerprint density at radius 2 is 1.78 bits per heavy atom. The lowest BCUT2D eigenvalue weighted by Gasteiger charge is -2.10. The van der Waals surface area contributed by atoms with Gasteiger partial charge in [0.1, 0.15) is 35.3 Å². The quantitative estimate of drug-likeness (QED) is 0.236. The van der Waals surface area contributed by atoms with Crippen molar-refractivity contribution in [1.82, 2.24) is 14.5 Å². The first-order valence-electron chi connectivity index (χ1n) is 12.7. The summed E-state index contributed by atoms with van der Waals surface area (Å²) in [6, 6.07) is 18.8. The summed E-state index contributed by atoms with van der Waals surface area (Å²) in [6.07, 6.45) is 0.165. The van der Waals surface area contributed by atoms with Gasteiger partial charge in [-0.2, -0.15) is 5.26 Å². The van der Waals surface area contributed by atoms with Crippen LogP contribution in [0.5, 0.6) is 11.6 Å². The van der Waals surface area contributed by atoms with E-state index in [9.17, 15) is 14.3 Å². The summed E-state index contributed by atoms with van der Waals surface area (Å²) < 4.78 is 42.5. The Morgan fingerprint density at radius 3 is 2.49 bits per heavy atom. The Kier molecular flexibility index (Phi) is 7.61. The van der Waals surface area contributed by atoms with E-state index < -0.39 is 17.6 Å². The van der Waals surface area contributed by atoms with Crippen molar-refractivity contribution in [1.29, 1.82) is 5.26 Å². The minimum atomic E-state index is -1.08. The highest BCUT2D eigenvalue weighted by atomic mass is 19.1. The lowest BCUT2D eigenvalue weighted by molar-refractivity contribution is 0.0696. The van der Waals surface area contributed by atoms with Crippen molar-refractivity contribution >= 4 is 17.0 Å². The minimum Gasteiger partial charge on any atom is -0.492 e. The maximum absolute atomic E-state index is 15.3. The van der Waals surface area contributed by atoms with Crippen LogP contribution in [0.2, 0.25) is 0 Å². The van der Waals surface area contributed by atoms with Gasteiger partial charge in [0.2, 0.25) is 5.88 Å². The SMILES string of the molecule is CCOc1cc(C(=O)O)cc2c1nc(Cc1ccc(-c3cccc(OCc4ccc(C#N)cc4F)n3)cc1F)n2C. The molecule has 5 aromatic rings. The molecular weight excluding hydrogens is 530 g/mol. The number of hydrogen-bond acceptors (Lipinski definition) is 6. The Morgan fingerprint density at radius 1 is 1.00 bits per heavy atom. The number of aryl methyl sites for hydroxylation is 1. The number of ether oxygens (including phenoxy) is 2. The van der Waals surface area contributed by atoms with E-state index in [0.717, 1.165) is 6.07 Å². The molecule has 5 rings (SSSR count). The monoisotopic (exact) mass is 554 g/mol. The van der Waals surface area contributed by atoms with E-state index in [1.807, 2.05) is 6.07 Å². The number of fused-ring (bicyclic) bond motifs is 1. The number of benzene rings is 3. The van der Waals surface area contributed by atoms with Gasteiger partial charge in [-0.05, 0) is 48.9 Å². The lowest BCUT2D eigenvalue weighted by Crippen LogP contribution is -2.02. The maximum Gasteiger partial charge on any atom is 0.335 e. The smallest absolute Gasteiger partial charge is 0.335 e. The van der Waals surface area contributed by atoms with Crippen molar-refractivity contribution in [3.8, 4) is 29.0 Å². The number of aromatic carboxylic acids is 1. The number of carbonyl (C=O) groups is 1. The zero-order chi connectivity index (χ0) is 29.1. The Hall–Kier alpha value is -5.30. The van der Waals surface area contributed by atoms with E-state index >= 15 is 4.39 Å². The molecule has 0 spiro atoms. The highest BCUT2D eigenvalue weighted by Gasteiger charge is 2.18. The van der Waals surface area contributed by atoms with E-state index in [1.54, 1.807) is 48.9 Å². The molecule has 0 bridgehead atoms. The second-order valence-corrected chi connectivity index (χ2v) is 9.22. The molecule has 0 radical (unpaired) electrons. The van der Waals surface area contributed by atoms with Crippen molar-refractivity contribution in [2.45, 2.75) is 20.0 Å². The Balaban J connectivity index is 1.37. The number of hydrogen-bond donors (Lipinski definition) is 1. The molecule has 2 aromatic heterocycles. The van der Waals surface area contributed by atoms with E-state index in [-0.39, 0.29) is 35.6 Å². The van der Waals surface area contributed by atoms with Gasteiger partial charge < -0.3 is 19.1 Å². The number of halogens is 2. The average molecular weight is 555 g/mol. The van der Waals surface area contributed by atoms with E-state index in [2.05, 4.69) is 9.97 Å². The van der Waals surface area contributed by atoms with Crippen LogP contribution in [0.3, 0.4) is 0 Å². The third-order valence-corrected chi connectivity index (χ3v) is 6.57. The fraction of sp³-hybridized carbons (Fsp3) is 0.161. The van der Waals surface area contributed by atoms with Gasteiger partial charge in [-0.15, -0.1) is 0 Å². The standard InChI is InChI=1S/C31H24F2N4O4/c1-3-40-27-14-22(31(38)39)13-26-30(27)36-28(37(26)2)15-19-9-10-20(12-24(19)33)25-5-4-6-29(35-25)41-17-21-8-7-18(16-34)11-23(21)32/h4-14H,3,15,17H2,1-2H3,(H,38,39). The first kappa shape index (κ1) is 27.3. The molecule has 0 aliphatic carbocycles. The Labute approximate surface area is 234 Å². The van der Waals surface area contributed by atoms with Crippen LogP contribution >= 0.6 is 0 Å². The topological polar surface area (TPSA) is 110 Å². The third-order valence-electron chi connectivity index (χ3n) is 6.57. The van der Waals surface area contributed by atoms with Crippen molar-refractivity contribution in [2.75, 3.05) is 6.61 Å². The highest BCUT2D eigenvalue weighted by molar-refractivity contribution is 5.95. The predicted molar refractivity (Wildman–Crippen MR) is 147 cm³/mol. The number of imidazole rings is 1. The van der Waals surface area contributed by atoms with Crippen molar-refractivity contribution < 1.29 is 28.2 Å². The molecule has 3 aromatic carbocycles. The Bertz CT molecular complexity index is 1830. The summed E-state index contributed by atoms with van der Waals surface area (Å²) in [5.74, 6) is -0.953. The zero-order valence-corrected chi connectivity index (χ0v) is 22.2. The van der Waals surface area contributed by atoms with Crippen LogP contribution in [0.1, 0.15) is 39.8 Å². The summed E-state index contributed by atoms with van der Waals surface area (Å²) >= 11 is 0. The van der Waals surface area contributed by atoms with Crippen LogP contribution in [0, 0.1) is 23.0 Å². The summed E-state index contributed by atoms with van der Waals surface area (Å²) in [5.41, 5.74) is 3.04. The van der Waals surface area contributed by atoms with Gasteiger partial charge in [0, 0.05) is 30.7 Å². The summed E-state index contributed by atoms with van der Waals surface area (Å²) in [6.45, 7) is 2.05. The molecule has 0 amide bonds. The van der Waals surface area contributed by atoms with Gasteiger partial charge in [0.05, 0.1) is 35.0 Å². The van der Waals surface area contributed by atoms with E-state index in [4.69, 9.17) is 14.7 Å². The normalized spacial score (nSPS) is 10.9. The highest BCUT2D eigenvalue weighted by Crippen LogP contribution is 2.30. The average Bonchev–Trinajstić information content (AvgIpc) is 3.28. The molecule has 41 heavy (non-hydrogen) atoms. The third kappa shape index (κ3) is 5.70. The van der Waals surface area contributed by atoms with Crippen LogP contribution in [-0.2, 0) is 20.1 Å². The number of nitrogens with zero attached hydrogens (tertiary/aromatic N) is 4. The van der Waals surface area contributed by atoms with E-state index in [0.29, 0.717) is 46.0 Å². The fourth-order valence-corrected chi connectivity index (χ4v) is 4.41. The minimum absolute atomic E-state index is 0.0757. The largest absolute Gasteiger partial charge is 0.492 e. The van der Waals surface area contributed by atoms with Crippen molar-refractivity contribution in [2.24, 2.45) is 7.05 Å². The number of nitriles is 1. The van der Waals surface area contributed by atoms with Crippen molar-refractivity contribution in [3.05, 3.63) is 106 Å². The first-order valence-corrected chi connectivity index (χ1v) is 12.7.